The average molecular weight is 324 g/mol. The van der Waals surface area contributed by atoms with Crippen LogP contribution in [0.2, 0.25) is 0 Å². The molecule has 1 rings (SSSR count). The highest BCUT2D eigenvalue weighted by molar-refractivity contribution is 6.07. The van der Waals surface area contributed by atoms with Crippen LogP contribution in [0.1, 0.15) is 13.8 Å². The number of rotatable bonds is 6. The van der Waals surface area contributed by atoms with Crippen LogP contribution in [0.3, 0.4) is 0 Å². The molecule has 0 radical (unpaired) electrons. The minimum Gasteiger partial charge on any atom is -0.497 e. The zero-order valence-corrected chi connectivity index (χ0v) is 12.2. The van der Waals surface area contributed by atoms with E-state index in [1.165, 1.54) is 0 Å². The molecule has 0 saturated carbocycles. The first-order chi connectivity index (χ1) is 9.94. The number of hydrogen-bond acceptors (Lipinski definition) is 3. The number of allylic oxidation sites excluding steroid dienone is 3. The van der Waals surface area contributed by atoms with Crippen molar-refractivity contribution in [2.45, 2.75) is 25.9 Å². The Labute approximate surface area is 125 Å². The van der Waals surface area contributed by atoms with Gasteiger partial charge in [-0.15, -0.1) is 0 Å². The summed E-state index contributed by atoms with van der Waals surface area (Å²) in [5, 5.41) is 9.38. The monoisotopic (exact) mass is 324 g/mol. The lowest BCUT2D eigenvalue weighted by atomic mass is 9.98. The molecule has 22 heavy (non-hydrogen) atoms. The van der Waals surface area contributed by atoms with Crippen LogP contribution in [0.5, 0.6) is 0 Å². The molecule has 1 aliphatic carbocycles. The summed E-state index contributed by atoms with van der Waals surface area (Å²) in [6.45, 7) is 9.44. The summed E-state index contributed by atoms with van der Waals surface area (Å²) < 4.78 is 71.5. The summed E-state index contributed by atoms with van der Waals surface area (Å²) in [6.07, 6.45) is -5.04. The molecule has 0 heterocycles. The predicted octanol–water partition coefficient (Wildman–Crippen LogP) is 3.80. The zero-order chi connectivity index (χ0) is 17.3. The fraction of sp³-hybridized carbons (Fsp3) is 0.500. The van der Waals surface area contributed by atoms with Crippen LogP contribution in [0.25, 0.3) is 0 Å². The second kappa shape index (κ2) is 6.10. The number of halogens is 5. The smallest absolute Gasteiger partial charge is 0.433 e. The summed E-state index contributed by atoms with van der Waals surface area (Å²) >= 11 is 0. The van der Waals surface area contributed by atoms with E-state index < -0.39 is 40.6 Å². The van der Waals surface area contributed by atoms with Gasteiger partial charge in [-0.25, -0.2) is 0 Å². The van der Waals surface area contributed by atoms with Crippen LogP contribution in [0, 0.1) is 11.3 Å². The Hall–Kier alpha value is -1.86. The Bertz CT molecular complexity index is 534. The Morgan fingerprint density at radius 2 is 1.95 bits per heavy atom. The van der Waals surface area contributed by atoms with E-state index in [1.807, 2.05) is 0 Å². The van der Waals surface area contributed by atoms with Gasteiger partial charge in [0, 0.05) is 5.57 Å². The van der Waals surface area contributed by atoms with E-state index in [9.17, 15) is 22.0 Å². The third kappa shape index (κ3) is 3.31. The summed E-state index contributed by atoms with van der Waals surface area (Å²) in [5.41, 5.74) is -4.12. The molecule has 3 nitrogen and oxygen atoms in total. The standard InChI is InChI=1S/C14H17F5N2O/c1-5-22-7(2)6-21-12-10(11(20)14(17,18)19)8(3)9(4)13(12,15)16/h9,20-21H,2-3,5-6H2,1,4H3. The normalized spacial score (nSPS) is 21.0. The molecular formula is C14H17F5N2O. The van der Waals surface area contributed by atoms with E-state index in [4.69, 9.17) is 10.1 Å². The second-order valence-corrected chi connectivity index (χ2v) is 4.82. The van der Waals surface area contributed by atoms with E-state index in [2.05, 4.69) is 18.5 Å². The number of alkyl halides is 5. The molecule has 0 saturated heterocycles. The van der Waals surface area contributed by atoms with Crippen molar-refractivity contribution in [2.24, 2.45) is 5.92 Å². The molecule has 1 atom stereocenters. The highest BCUT2D eigenvalue weighted by atomic mass is 19.4. The van der Waals surface area contributed by atoms with E-state index >= 15 is 0 Å². The molecule has 0 spiro atoms. The second-order valence-electron chi connectivity index (χ2n) is 4.82. The number of hydrogen-bond donors (Lipinski definition) is 2. The van der Waals surface area contributed by atoms with Crippen LogP contribution >= 0.6 is 0 Å². The first-order valence-electron chi connectivity index (χ1n) is 6.46. The minimum absolute atomic E-state index is 0.105. The lowest BCUT2D eigenvalue weighted by Gasteiger charge is -2.21. The van der Waals surface area contributed by atoms with Gasteiger partial charge in [-0.2, -0.15) is 22.0 Å². The molecule has 1 unspecified atom stereocenters. The maximum absolute atomic E-state index is 14.2. The number of nitrogens with one attached hydrogen (secondary N) is 2. The highest BCUT2D eigenvalue weighted by Crippen LogP contribution is 2.48. The van der Waals surface area contributed by atoms with Gasteiger partial charge in [0.2, 0.25) is 0 Å². The van der Waals surface area contributed by atoms with Crippen LogP contribution in [-0.2, 0) is 4.74 Å². The third-order valence-corrected chi connectivity index (χ3v) is 3.32. The number of ether oxygens (including phenoxy) is 1. The summed E-state index contributed by atoms with van der Waals surface area (Å²) in [7, 11) is 0. The van der Waals surface area contributed by atoms with Crippen LogP contribution < -0.4 is 5.32 Å². The molecule has 2 N–H and O–H groups in total. The largest absolute Gasteiger partial charge is 0.497 e. The van der Waals surface area contributed by atoms with Gasteiger partial charge in [0.05, 0.1) is 24.8 Å². The fourth-order valence-corrected chi connectivity index (χ4v) is 2.05. The van der Waals surface area contributed by atoms with Crippen molar-refractivity contribution in [3.8, 4) is 0 Å². The summed E-state index contributed by atoms with van der Waals surface area (Å²) in [4.78, 5) is 0. The van der Waals surface area contributed by atoms with Gasteiger partial charge in [-0.05, 0) is 12.5 Å². The lowest BCUT2D eigenvalue weighted by molar-refractivity contribution is -0.0589. The first kappa shape index (κ1) is 18.2. The van der Waals surface area contributed by atoms with Gasteiger partial charge >= 0.3 is 6.18 Å². The Morgan fingerprint density at radius 3 is 2.41 bits per heavy atom. The first-order valence-corrected chi connectivity index (χ1v) is 6.46. The third-order valence-electron chi connectivity index (χ3n) is 3.32. The van der Waals surface area contributed by atoms with Crippen molar-refractivity contribution < 1.29 is 26.7 Å². The van der Waals surface area contributed by atoms with Crippen molar-refractivity contribution in [3.63, 3.8) is 0 Å². The van der Waals surface area contributed by atoms with Crippen LogP contribution in [-0.4, -0.2) is 31.0 Å². The van der Waals surface area contributed by atoms with Crippen molar-refractivity contribution >= 4 is 5.71 Å². The lowest BCUT2D eigenvalue weighted by Crippen LogP contribution is -2.34. The molecule has 0 fully saturated rings. The van der Waals surface area contributed by atoms with Crippen molar-refractivity contribution in [2.75, 3.05) is 13.2 Å². The maximum atomic E-state index is 14.2. The van der Waals surface area contributed by atoms with E-state index in [1.54, 1.807) is 6.92 Å². The zero-order valence-electron chi connectivity index (χ0n) is 12.2. The van der Waals surface area contributed by atoms with Gasteiger partial charge in [0.1, 0.15) is 11.5 Å². The van der Waals surface area contributed by atoms with Crippen molar-refractivity contribution in [3.05, 3.63) is 35.8 Å². The van der Waals surface area contributed by atoms with Crippen molar-refractivity contribution in [1.82, 2.24) is 5.32 Å². The SMILES string of the molecule is C=C(CNC1=C(C(=N)C(F)(F)F)C(=C)C(C)C1(F)F)OCC. The molecule has 124 valence electrons. The molecule has 8 heteroatoms. The molecular weight excluding hydrogens is 307 g/mol. The summed E-state index contributed by atoms with van der Waals surface area (Å²) in [5.74, 6) is -5.00. The van der Waals surface area contributed by atoms with Crippen LogP contribution in [0.15, 0.2) is 35.8 Å². The Kier molecular flexibility index (Phi) is 5.04. The molecule has 0 aromatic carbocycles. The van der Waals surface area contributed by atoms with E-state index in [0.29, 0.717) is 0 Å². The molecule has 0 aromatic heterocycles. The quantitative estimate of drug-likeness (QED) is 0.443. The molecule has 0 aliphatic heterocycles. The Balaban J connectivity index is 3.21. The topological polar surface area (TPSA) is 45.1 Å². The maximum Gasteiger partial charge on any atom is 0.433 e. The molecule has 0 amide bonds. The van der Waals surface area contributed by atoms with Gasteiger partial charge in [-0.3, -0.25) is 5.41 Å². The highest BCUT2D eigenvalue weighted by Gasteiger charge is 2.54. The summed E-state index contributed by atoms with van der Waals surface area (Å²) in [6, 6.07) is 0. The van der Waals surface area contributed by atoms with Gasteiger partial charge in [-0.1, -0.05) is 20.1 Å². The molecule has 0 aromatic rings. The van der Waals surface area contributed by atoms with E-state index in [-0.39, 0.29) is 18.9 Å². The Morgan fingerprint density at radius 1 is 1.41 bits per heavy atom. The van der Waals surface area contributed by atoms with Gasteiger partial charge in [0.15, 0.2) is 0 Å². The van der Waals surface area contributed by atoms with Crippen molar-refractivity contribution in [1.29, 1.82) is 5.41 Å². The molecule has 1 aliphatic rings. The van der Waals surface area contributed by atoms with Gasteiger partial charge < -0.3 is 10.1 Å². The average Bonchev–Trinajstić information content (AvgIpc) is 2.55. The minimum atomic E-state index is -5.04. The van der Waals surface area contributed by atoms with Gasteiger partial charge in [0.25, 0.3) is 5.92 Å². The molecule has 0 bridgehead atoms. The van der Waals surface area contributed by atoms with E-state index in [0.717, 1.165) is 6.92 Å². The fourth-order valence-electron chi connectivity index (χ4n) is 2.05. The predicted molar refractivity (Wildman–Crippen MR) is 72.8 cm³/mol. The van der Waals surface area contributed by atoms with Crippen LogP contribution in [0.4, 0.5) is 22.0 Å².